The molecule has 0 spiro atoms. The second-order valence-corrected chi connectivity index (χ2v) is 8.05. The van der Waals surface area contributed by atoms with Gasteiger partial charge in [-0.2, -0.15) is 0 Å². The summed E-state index contributed by atoms with van der Waals surface area (Å²) in [5.41, 5.74) is 2.39. The quantitative estimate of drug-likeness (QED) is 0.501. The minimum atomic E-state index is -0.670. The molecule has 1 aromatic carbocycles. The number of nitrogens with zero attached hydrogens (tertiary/aromatic N) is 2. The maximum Gasteiger partial charge on any atom is 0.272 e. The van der Waals surface area contributed by atoms with Crippen LogP contribution in [0.2, 0.25) is 0 Å². The van der Waals surface area contributed by atoms with Crippen LogP contribution in [0.25, 0.3) is 10.9 Å². The summed E-state index contributed by atoms with van der Waals surface area (Å²) in [5.74, 6) is 3.05. The molecule has 1 aliphatic carbocycles. The number of fused-ring (bicyclic) bond motifs is 1. The molecule has 2 heterocycles. The van der Waals surface area contributed by atoms with Crippen LogP contribution in [0.5, 0.6) is 5.75 Å². The van der Waals surface area contributed by atoms with Gasteiger partial charge in [-0.3, -0.25) is 14.8 Å². The number of pyridine rings is 2. The largest absolute Gasteiger partial charge is 0.470 e. The molecule has 4 rings (SSSR count). The van der Waals surface area contributed by atoms with Crippen molar-refractivity contribution in [3.8, 4) is 18.1 Å². The average Bonchev–Trinajstić information content (AvgIpc) is 3.52. The fourth-order valence-corrected chi connectivity index (χ4v) is 3.87. The summed E-state index contributed by atoms with van der Waals surface area (Å²) in [6.45, 7) is 1.96. The van der Waals surface area contributed by atoms with Gasteiger partial charge in [0.05, 0.1) is 16.7 Å². The fourth-order valence-electron chi connectivity index (χ4n) is 3.39. The molecule has 5 nitrogen and oxygen atoms in total. The van der Waals surface area contributed by atoms with Gasteiger partial charge >= 0.3 is 0 Å². The predicted molar refractivity (Wildman–Crippen MR) is 116 cm³/mol. The lowest BCUT2D eigenvalue weighted by Crippen LogP contribution is -2.42. The molecule has 1 N–H and O–H groups in total. The molecule has 1 unspecified atom stereocenters. The second kappa shape index (κ2) is 7.76. The Morgan fingerprint density at radius 1 is 1.31 bits per heavy atom. The predicted octanol–water partition coefficient (Wildman–Crippen LogP) is 3.79. The van der Waals surface area contributed by atoms with E-state index in [1.807, 2.05) is 49.6 Å². The molecule has 1 amide bonds. The van der Waals surface area contributed by atoms with Gasteiger partial charge in [-0.15, -0.1) is 18.2 Å². The molecule has 0 saturated heterocycles. The van der Waals surface area contributed by atoms with Crippen molar-refractivity contribution >= 4 is 28.6 Å². The fraction of sp³-hybridized carbons (Fsp3) is 0.261. The SMILES string of the molecule is C#Cc1cnc2c(C)cc(OC(SC)C(=O)NC3(c4ccccn4)CC3)cc2c1. The Morgan fingerprint density at radius 2 is 2.14 bits per heavy atom. The highest BCUT2D eigenvalue weighted by atomic mass is 32.2. The molecule has 1 saturated carbocycles. The van der Waals surface area contributed by atoms with E-state index >= 15 is 0 Å². The zero-order valence-corrected chi connectivity index (χ0v) is 17.1. The van der Waals surface area contributed by atoms with Crippen molar-refractivity contribution in [1.29, 1.82) is 0 Å². The van der Waals surface area contributed by atoms with Crippen LogP contribution in [-0.2, 0) is 10.3 Å². The van der Waals surface area contributed by atoms with Crippen LogP contribution < -0.4 is 10.1 Å². The van der Waals surface area contributed by atoms with E-state index in [2.05, 4.69) is 21.2 Å². The summed E-state index contributed by atoms with van der Waals surface area (Å²) in [6, 6.07) is 11.4. The number of terminal acetylenes is 1. The maximum atomic E-state index is 12.9. The van der Waals surface area contributed by atoms with Crippen LogP contribution >= 0.6 is 11.8 Å². The zero-order chi connectivity index (χ0) is 20.4. The molecule has 2 aromatic heterocycles. The monoisotopic (exact) mass is 403 g/mol. The number of aromatic nitrogens is 2. The first-order valence-corrected chi connectivity index (χ1v) is 10.6. The van der Waals surface area contributed by atoms with Gasteiger partial charge in [-0.05, 0) is 61.9 Å². The molecule has 146 valence electrons. The summed E-state index contributed by atoms with van der Waals surface area (Å²) in [5, 5.41) is 4.03. The summed E-state index contributed by atoms with van der Waals surface area (Å²) in [6.07, 6.45) is 12.5. The highest BCUT2D eigenvalue weighted by molar-refractivity contribution is 7.99. The van der Waals surface area contributed by atoms with Gasteiger partial charge in [0.2, 0.25) is 5.44 Å². The van der Waals surface area contributed by atoms with Crippen LogP contribution in [0, 0.1) is 19.3 Å². The Bertz CT molecular complexity index is 1100. The van der Waals surface area contributed by atoms with Gasteiger partial charge in [-0.1, -0.05) is 12.0 Å². The van der Waals surface area contributed by atoms with Gasteiger partial charge in [-0.25, -0.2) is 0 Å². The van der Waals surface area contributed by atoms with Crippen molar-refractivity contribution in [1.82, 2.24) is 15.3 Å². The number of carbonyl (C=O) groups is 1. The molecule has 3 aromatic rings. The number of ether oxygens (including phenoxy) is 1. The minimum absolute atomic E-state index is 0.158. The van der Waals surface area contributed by atoms with Crippen LogP contribution in [0.4, 0.5) is 0 Å². The highest BCUT2D eigenvalue weighted by Crippen LogP contribution is 2.44. The maximum absolute atomic E-state index is 12.9. The number of aryl methyl sites for hydroxylation is 1. The molecular weight excluding hydrogens is 382 g/mol. The van der Waals surface area contributed by atoms with Crippen LogP contribution in [-0.4, -0.2) is 27.6 Å². The van der Waals surface area contributed by atoms with Crippen molar-refractivity contribution in [3.05, 3.63) is 65.6 Å². The number of amides is 1. The molecular formula is C23H21N3O2S. The molecule has 0 bridgehead atoms. The molecule has 29 heavy (non-hydrogen) atoms. The van der Waals surface area contributed by atoms with Crippen molar-refractivity contribution in [3.63, 3.8) is 0 Å². The molecule has 6 heteroatoms. The summed E-state index contributed by atoms with van der Waals surface area (Å²) in [7, 11) is 0. The number of hydrogen-bond acceptors (Lipinski definition) is 5. The van der Waals surface area contributed by atoms with Crippen LogP contribution in [0.1, 0.15) is 29.7 Å². The third-order valence-electron chi connectivity index (χ3n) is 5.05. The highest BCUT2D eigenvalue weighted by Gasteiger charge is 2.48. The molecule has 1 fully saturated rings. The van der Waals surface area contributed by atoms with E-state index in [-0.39, 0.29) is 11.4 Å². The van der Waals surface area contributed by atoms with Crippen molar-refractivity contribution in [2.24, 2.45) is 0 Å². The van der Waals surface area contributed by atoms with Crippen molar-refractivity contribution < 1.29 is 9.53 Å². The van der Waals surface area contributed by atoms with E-state index in [0.717, 1.165) is 35.0 Å². The smallest absolute Gasteiger partial charge is 0.272 e. The first-order valence-electron chi connectivity index (χ1n) is 9.35. The standard InChI is InChI=1S/C23H21N3O2S/c1-4-16-12-17-13-18(11-15(2)20(17)25-14-16)28-22(29-3)21(27)26-23(8-9-23)19-7-5-6-10-24-19/h1,5-7,10-14,22H,8-9H2,2-3H3,(H,26,27). The number of rotatable bonds is 6. The summed E-state index contributed by atoms with van der Waals surface area (Å²) < 4.78 is 6.05. The van der Waals surface area contributed by atoms with Gasteiger partial charge in [0, 0.05) is 23.3 Å². The summed E-state index contributed by atoms with van der Waals surface area (Å²) in [4.78, 5) is 21.8. The third-order valence-corrected chi connectivity index (χ3v) is 5.79. The molecule has 0 radical (unpaired) electrons. The Balaban J connectivity index is 1.54. The van der Waals surface area contributed by atoms with E-state index in [9.17, 15) is 4.79 Å². The van der Waals surface area contributed by atoms with Gasteiger partial charge < -0.3 is 10.1 Å². The van der Waals surface area contributed by atoms with E-state index < -0.39 is 5.44 Å². The Hall–Kier alpha value is -3.04. The van der Waals surface area contributed by atoms with Crippen molar-refractivity contribution in [2.45, 2.75) is 30.7 Å². The number of thioether (sulfide) groups is 1. The number of hydrogen-bond donors (Lipinski definition) is 1. The Labute approximate surface area is 174 Å². The normalized spacial score (nSPS) is 15.3. The Kier molecular flexibility index (Phi) is 5.16. The summed E-state index contributed by atoms with van der Waals surface area (Å²) >= 11 is 1.35. The minimum Gasteiger partial charge on any atom is -0.470 e. The lowest BCUT2D eigenvalue weighted by Gasteiger charge is -2.22. The Morgan fingerprint density at radius 3 is 2.79 bits per heavy atom. The lowest BCUT2D eigenvalue weighted by molar-refractivity contribution is -0.125. The lowest BCUT2D eigenvalue weighted by atomic mass is 10.1. The van der Waals surface area contributed by atoms with Crippen molar-refractivity contribution in [2.75, 3.05) is 6.26 Å². The first kappa shape index (κ1) is 19.3. The number of nitrogens with one attached hydrogen (secondary N) is 1. The van der Waals surface area contributed by atoms with E-state index in [1.54, 1.807) is 12.4 Å². The second-order valence-electron chi connectivity index (χ2n) is 7.15. The van der Waals surface area contributed by atoms with E-state index in [0.29, 0.717) is 11.3 Å². The van der Waals surface area contributed by atoms with Crippen LogP contribution in [0.15, 0.2) is 48.8 Å². The van der Waals surface area contributed by atoms with E-state index in [1.165, 1.54) is 11.8 Å². The zero-order valence-electron chi connectivity index (χ0n) is 16.3. The first-order chi connectivity index (χ1) is 14.0. The molecule has 1 atom stereocenters. The number of benzene rings is 1. The molecule has 1 aliphatic rings. The van der Waals surface area contributed by atoms with Crippen LogP contribution in [0.3, 0.4) is 0 Å². The number of carbonyl (C=O) groups excluding carboxylic acids is 1. The van der Waals surface area contributed by atoms with Gasteiger partial charge in [0.1, 0.15) is 5.75 Å². The van der Waals surface area contributed by atoms with Gasteiger partial charge in [0.25, 0.3) is 5.91 Å². The van der Waals surface area contributed by atoms with Gasteiger partial charge in [0.15, 0.2) is 0 Å². The third kappa shape index (κ3) is 3.92. The molecule has 0 aliphatic heterocycles. The van der Waals surface area contributed by atoms with E-state index in [4.69, 9.17) is 11.2 Å². The average molecular weight is 404 g/mol. The topological polar surface area (TPSA) is 64.1 Å².